The standard InChI is InChI=1S/C16H17NO4S/c1-12-9-14(20-10-15-11-21-15)7-8-16(12)22(18,19)17-13-5-3-2-4-6-13/h2-9,15,17H,10-11H2,1H3. The molecule has 3 rings (SSSR count). The first-order chi connectivity index (χ1) is 10.5. The Kier molecular flexibility index (Phi) is 4.04. The lowest BCUT2D eigenvalue weighted by Crippen LogP contribution is -2.14. The molecule has 116 valence electrons. The van der Waals surface area contributed by atoms with E-state index in [0.29, 0.717) is 23.6 Å². The van der Waals surface area contributed by atoms with Gasteiger partial charge in [0, 0.05) is 5.69 Å². The fraction of sp³-hybridized carbons (Fsp3) is 0.250. The molecule has 1 heterocycles. The van der Waals surface area contributed by atoms with Crippen molar-refractivity contribution >= 4 is 15.7 Å². The van der Waals surface area contributed by atoms with Crippen LogP contribution >= 0.6 is 0 Å². The van der Waals surface area contributed by atoms with Crippen LogP contribution in [0.5, 0.6) is 5.75 Å². The number of hydrogen-bond donors (Lipinski definition) is 1. The van der Waals surface area contributed by atoms with Crippen molar-refractivity contribution in [3.8, 4) is 5.75 Å². The molecule has 1 fully saturated rings. The molecule has 0 amide bonds. The molecule has 5 nitrogen and oxygen atoms in total. The summed E-state index contributed by atoms with van der Waals surface area (Å²) in [6, 6.07) is 13.8. The van der Waals surface area contributed by atoms with Crippen molar-refractivity contribution in [3.63, 3.8) is 0 Å². The van der Waals surface area contributed by atoms with E-state index in [1.807, 2.05) is 6.07 Å². The summed E-state index contributed by atoms with van der Waals surface area (Å²) in [7, 11) is -3.61. The highest BCUT2D eigenvalue weighted by atomic mass is 32.2. The molecule has 1 aliphatic heterocycles. The number of anilines is 1. The van der Waals surface area contributed by atoms with E-state index in [0.717, 1.165) is 6.61 Å². The lowest BCUT2D eigenvalue weighted by atomic mass is 10.2. The van der Waals surface area contributed by atoms with Crippen molar-refractivity contribution in [3.05, 3.63) is 54.1 Å². The first-order valence-corrected chi connectivity index (χ1v) is 8.46. The summed E-state index contributed by atoms with van der Waals surface area (Å²) in [5, 5.41) is 0. The minimum atomic E-state index is -3.61. The molecule has 0 radical (unpaired) electrons. The number of epoxide rings is 1. The monoisotopic (exact) mass is 319 g/mol. The molecule has 0 spiro atoms. The third kappa shape index (κ3) is 3.58. The van der Waals surface area contributed by atoms with Crippen molar-refractivity contribution in [1.82, 2.24) is 0 Å². The number of sulfonamides is 1. The average molecular weight is 319 g/mol. The Morgan fingerprint density at radius 3 is 2.59 bits per heavy atom. The molecule has 0 bridgehead atoms. The van der Waals surface area contributed by atoms with Gasteiger partial charge in [-0.25, -0.2) is 8.42 Å². The highest BCUT2D eigenvalue weighted by Crippen LogP contribution is 2.24. The van der Waals surface area contributed by atoms with Gasteiger partial charge in [-0.2, -0.15) is 0 Å². The van der Waals surface area contributed by atoms with Crippen molar-refractivity contribution in [2.45, 2.75) is 17.9 Å². The van der Waals surface area contributed by atoms with Gasteiger partial charge in [0.15, 0.2) is 0 Å². The smallest absolute Gasteiger partial charge is 0.262 e. The topological polar surface area (TPSA) is 67.9 Å². The van der Waals surface area contributed by atoms with Crippen LogP contribution in [0.2, 0.25) is 0 Å². The van der Waals surface area contributed by atoms with Crippen molar-refractivity contribution in [2.75, 3.05) is 17.9 Å². The molecule has 1 atom stereocenters. The number of nitrogens with one attached hydrogen (secondary N) is 1. The zero-order valence-corrected chi connectivity index (χ0v) is 13.0. The second kappa shape index (κ2) is 5.98. The molecular weight excluding hydrogens is 302 g/mol. The summed E-state index contributed by atoms with van der Waals surface area (Å²) in [5.74, 6) is 0.645. The average Bonchev–Trinajstić information content (AvgIpc) is 3.29. The third-order valence-electron chi connectivity index (χ3n) is 3.30. The molecule has 1 saturated heterocycles. The molecule has 1 unspecified atom stereocenters. The van der Waals surface area contributed by atoms with E-state index in [-0.39, 0.29) is 11.0 Å². The van der Waals surface area contributed by atoms with E-state index < -0.39 is 10.0 Å². The van der Waals surface area contributed by atoms with Gasteiger partial charge < -0.3 is 9.47 Å². The Hall–Kier alpha value is -2.05. The van der Waals surface area contributed by atoms with Gasteiger partial charge in [-0.15, -0.1) is 0 Å². The van der Waals surface area contributed by atoms with Crippen LogP contribution in [0.1, 0.15) is 5.56 Å². The summed E-state index contributed by atoms with van der Waals surface area (Å²) in [6.45, 7) is 2.97. The molecule has 0 saturated carbocycles. The number of aryl methyl sites for hydroxylation is 1. The van der Waals surface area contributed by atoms with Crippen LogP contribution in [0, 0.1) is 6.92 Å². The van der Waals surface area contributed by atoms with Gasteiger partial charge in [0.25, 0.3) is 10.0 Å². The first kappa shape index (κ1) is 14.9. The van der Waals surface area contributed by atoms with Crippen molar-refractivity contribution in [2.24, 2.45) is 0 Å². The van der Waals surface area contributed by atoms with E-state index in [1.54, 1.807) is 49.4 Å². The summed E-state index contributed by atoms with van der Waals surface area (Å²) in [6.07, 6.45) is 0.170. The Bertz CT molecular complexity index is 755. The van der Waals surface area contributed by atoms with Crippen LogP contribution in [0.3, 0.4) is 0 Å². The maximum atomic E-state index is 12.4. The number of ether oxygens (including phenoxy) is 2. The summed E-state index contributed by atoms with van der Waals surface area (Å²) < 4.78 is 38.1. The second-order valence-corrected chi connectivity index (χ2v) is 6.82. The normalized spacial score (nSPS) is 17.0. The fourth-order valence-corrected chi connectivity index (χ4v) is 3.37. The van der Waals surface area contributed by atoms with E-state index in [9.17, 15) is 8.42 Å². The van der Waals surface area contributed by atoms with Crippen LogP contribution in [0.4, 0.5) is 5.69 Å². The molecular formula is C16H17NO4S. The predicted molar refractivity (Wildman–Crippen MR) is 83.7 cm³/mol. The van der Waals surface area contributed by atoms with Gasteiger partial charge >= 0.3 is 0 Å². The van der Waals surface area contributed by atoms with Gasteiger partial charge in [-0.05, 0) is 42.8 Å². The summed E-state index contributed by atoms with van der Waals surface area (Å²) in [4.78, 5) is 0.242. The van der Waals surface area contributed by atoms with Gasteiger partial charge in [-0.1, -0.05) is 18.2 Å². The lowest BCUT2D eigenvalue weighted by molar-refractivity contribution is 0.263. The first-order valence-electron chi connectivity index (χ1n) is 6.97. The zero-order valence-electron chi connectivity index (χ0n) is 12.2. The van der Waals surface area contributed by atoms with E-state index in [2.05, 4.69) is 4.72 Å². The molecule has 0 aromatic heterocycles. The molecule has 1 aliphatic rings. The van der Waals surface area contributed by atoms with E-state index in [1.165, 1.54) is 0 Å². The highest BCUT2D eigenvalue weighted by molar-refractivity contribution is 7.92. The van der Waals surface area contributed by atoms with Gasteiger partial charge in [-0.3, -0.25) is 4.72 Å². The number of benzene rings is 2. The second-order valence-electron chi connectivity index (χ2n) is 5.17. The maximum Gasteiger partial charge on any atom is 0.262 e. The van der Waals surface area contributed by atoms with Crippen molar-refractivity contribution in [1.29, 1.82) is 0 Å². The molecule has 2 aromatic rings. The predicted octanol–water partition coefficient (Wildman–Crippen LogP) is 2.57. The fourth-order valence-electron chi connectivity index (χ4n) is 2.08. The Morgan fingerprint density at radius 1 is 1.23 bits per heavy atom. The van der Waals surface area contributed by atoms with Gasteiger partial charge in [0.1, 0.15) is 18.5 Å². The number of para-hydroxylation sites is 1. The van der Waals surface area contributed by atoms with Crippen LogP contribution in [0.15, 0.2) is 53.4 Å². The largest absolute Gasteiger partial charge is 0.491 e. The minimum Gasteiger partial charge on any atom is -0.491 e. The molecule has 0 aliphatic carbocycles. The zero-order chi connectivity index (χ0) is 15.6. The van der Waals surface area contributed by atoms with Gasteiger partial charge in [0.05, 0.1) is 11.5 Å². The maximum absolute atomic E-state index is 12.4. The Balaban J connectivity index is 1.77. The molecule has 1 N–H and O–H groups in total. The SMILES string of the molecule is Cc1cc(OCC2CO2)ccc1S(=O)(=O)Nc1ccccc1. The summed E-state index contributed by atoms with van der Waals surface area (Å²) in [5.41, 5.74) is 1.17. The van der Waals surface area contributed by atoms with Crippen LogP contribution in [0.25, 0.3) is 0 Å². The van der Waals surface area contributed by atoms with Crippen molar-refractivity contribution < 1.29 is 17.9 Å². The molecule has 6 heteroatoms. The molecule has 22 heavy (non-hydrogen) atoms. The highest BCUT2D eigenvalue weighted by Gasteiger charge is 2.23. The van der Waals surface area contributed by atoms with Gasteiger partial charge in [0.2, 0.25) is 0 Å². The van der Waals surface area contributed by atoms with E-state index in [4.69, 9.17) is 9.47 Å². The molecule has 2 aromatic carbocycles. The van der Waals surface area contributed by atoms with Crippen LogP contribution < -0.4 is 9.46 Å². The Morgan fingerprint density at radius 2 is 1.95 bits per heavy atom. The quantitative estimate of drug-likeness (QED) is 0.831. The third-order valence-corrected chi connectivity index (χ3v) is 4.84. The number of rotatable bonds is 6. The Labute approximate surface area is 129 Å². The lowest BCUT2D eigenvalue weighted by Gasteiger charge is -2.12. The summed E-state index contributed by atoms with van der Waals surface area (Å²) >= 11 is 0. The van der Waals surface area contributed by atoms with Crippen LogP contribution in [-0.2, 0) is 14.8 Å². The number of hydrogen-bond acceptors (Lipinski definition) is 4. The van der Waals surface area contributed by atoms with E-state index >= 15 is 0 Å². The minimum absolute atomic E-state index is 0.170. The van der Waals surface area contributed by atoms with Crippen LogP contribution in [-0.4, -0.2) is 27.7 Å².